The Morgan fingerprint density at radius 1 is 1.31 bits per heavy atom. The molecule has 2 aromatic heterocycles. The van der Waals surface area contributed by atoms with Gasteiger partial charge in [0.05, 0.1) is 15.9 Å². The van der Waals surface area contributed by atoms with Gasteiger partial charge in [-0.05, 0) is 62.6 Å². The van der Waals surface area contributed by atoms with Gasteiger partial charge in [0.1, 0.15) is 12.6 Å². The molecule has 32 heavy (non-hydrogen) atoms. The molecule has 4 rings (SSSR count). The number of thiazole rings is 1. The van der Waals surface area contributed by atoms with Crippen molar-refractivity contribution in [2.24, 2.45) is 5.92 Å². The summed E-state index contributed by atoms with van der Waals surface area (Å²) in [6.45, 7) is 4.53. The zero-order valence-electron chi connectivity index (χ0n) is 18.0. The molecule has 1 amide bonds. The SMILES string of the molecule is Cc1cccc(C(O)CNCC2CCN(C(=O)Cn3c(=O)sc4ccc(Cl)cc43)CC2)n1. The summed E-state index contributed by atoms with van der Waals surface area (Å²) < 4.78 is 2.35. The number of hydrogen-bond donors (Lipinski definition) is 2. The van der Waals surface area contributed by atoms with Crippen molar-refractivity contribution < 1.29 is 9.90 Å². The first kappa shape index (κ1) is 22.9. The minimum absolute atomic E-state index is 0.0395. The van der Waals surface area contributed by atoms with E-state index in [9.17, 15) is 14.7 Å². The van der Waals surface area contributed by atoms with Gasteiger partial charge in [-0.25, -0.2) is 0 Å². The van der Waals surface area contributed by atoms with Gasteiger partial charge in [0, 0.05) is 30.4 Å². The number of piperidine rings is 1. The van der Waals surface area contributed by atoms with E-state index < -0.39 is 6.10 Å². The highest BCUT2D eigenvalue weighted by molar-refractivity contribution is 7.16. The molecule has 0 radical (unpaired) electrons. The third kappa shape index (κ3) is 5.38. The predicted octanol–water partition coefficient (Wildman–Crippen LogP) is 2.98. The van der Waals surface area contributed by atoms with Gasteiger partial charge in [-0.15, -0.1) is 0 Å². The lowest BCUT2D eigenvalue weighted by molar-refractivity contribution is -0.133. The van der Waals surface area contributed by atoms with E-state index >= 15 is 0 Å². The first-order valence-electron chi connectivity index (χ1n) is 10.8. The highest BCUT2D eigenvalue weighted by Crippen LogP contribution is 2.22. The highest BCUT2D eigenvalue weighted by atomic mass is 35.5. The van der Waals surface area contributed by atoms with Gasteiger partial charge in [0.2, 0.25) is 5.91 Å². The average Bonchev–Trinajstić information content (AvgIpc) is 3.08. The smallest absolute Gasteiger partial charge is 0.308 e. The Balaban J connectivity index is 1.25. The average molecular weight is 475 g/mol. The van der Waals surface area contributed by atoms with E-state index in [2.05, 4.69) is 10.3 Å². The summed E-state index contributed by atoms with van der Waals surface area (Å²) >= 11 is 7.20. The molecule has 1 saturated heterocycles. The number of rotatable bonds is 7. The second-order valence-corrected chi connectivity index (χ2v) is 9.70. The molecule has 9 heteroatoms. The number of aliphatic hydroxyl groups excluding tert-OH is 1. The number of benzene rings is 1. The van der Waals surface area contributed by atoms with Crippen molar-refractivity contribution in [3.63, 3.8) is 0 Å². The third-order valence-corrected chi connectivity index (χ3v) is 7.11. The largest absolute Gasteiger partial charge is 0.385 e. The van der Waals surface area contributed by atoms with Crippen LogP contribution in [-0.2, 0) is 11.3 Å². The molecule has 0 aliphatic carbocycles. The topological polar surface area (TPSA) is 87.5 Å². The normalized spacial score (nSPS) is 15.9. The Bertz CT molecular complexity index is 1150. The molecule has 1 atom stereocenters. The first-order chi connectivity index (χ1) is 15.4. The maximum atomic E-state index is 12.8. The zero-order chi connectivity index (χ0) is 22.7. The first-order valence-corrected chi connectivity index (χ1v) is 12.0. The zero-order valence-corrected chi connectivity index (χ0v) is 19.5. The lowest BCUT2D eigenvalue weighted by Gasteiger charge is -2.32. The molecule has 1 aliphatic heterocycles. The molecule has 0 saturated carbocycles. The van der Waals surface area contributed by atoms with Crippen LogP contribution in [0, 0.1) is 12.8 Å². The molecule has 1 unspecified atom stereocenters. The number of carbonyl (C=O) groups is 1. The number of nitrogens with zero attached hydrogens (tertiary/aromatic N) is 3. The molecule has 1 aromatic carbocycles. The van der Waals surface area contributed by atoms with Crippen LogP contribution in [0.2, 0.25) is 5.02 Å². The Morgan fingerprint density at radius 2 is 2.09 bits per heavy atom. The van der Waals surface area contributed by atoms with Crippen molar-refractivity contribution >= 4 is 39.1 Å². The third-order valence-electron chi connectivity index (χ3n) is 5.91. The van der Waals surface area contributed by atoms with Gasteiger partial charge >= 0.3 is 4.87 Å². The maximum absolute atomic E-state index is 12.8. The Kier molecular flexibility index (Phi) is 7.25. The fourth-order valence-electron chi connectivity index (χ4n) is 4.09. The van der Waals surface area contributed by atoms with Gasteiger partial charge in [-0.3, -0.25) is 19.1 Å². The predicted molar refractivity (Wildman–Crippen MR) is 127 cm³/mol. The van der Waals surface area contributed by atoms with Crippen LogP contribution in [0.15, 0.2) is 41.2 Å². The molecule has 3 aromatic rings. The fourth-order valence-corrected chi connectivity index (χ4v) is 5.12. The second-order valence-electron chi connectivity index (χ2n) is 8.27. The quantitative estimate of drug-likeness (QED) is 0.549. The van der Waals surface area contributed by atoms with Crippen LogP contribution in [-0.4, -0.2) is 51.6 Å². The van der Waals surface area contributed by atoms with E-state index in [1.165, 1.54) is 4.57 Å². The van der Waals surface area contributed by atoms with Gasteiger partial charge < -0.3 is 15.3 Å². The van der Waals surface area contributed by atoms with Crippen molar-refractivity contribution in [3.8, 4) is 0 Å². The molecule has 2 N–H and O–H groups in total. The standard InChI is InChI=1S/C23H27ClN4O3S/c1-15-3-2-4-18(26-15)20(29)13-25-12-16-7-9-27(10-8-16)22(30)14-28-19-11-17(24)5-6-21(19)32-23(28)31/h2-6,11,16,20,25,29H,7-10,12-14H2,1H3. The van der Waals surface area contributed by atoms with Crippen molar-refractivity contribution in [2.45, 2.75) is 32.4 Å². The molecule has 1 aliphatic rings. The van der Waals surface area contributed by atoms with Crippen LogP contribution >= 0.6 is 22.9 Å². The number of nitrogens with one attached hydrogen (secondary N) is 1. The van der Waals surface area contributed by atoms with E-state index in [1.54, 1.807) is 12.1 Å². The van der Waals surface area contributed by atoms with Gasteiger partial charge in [-0.2, -0.15) is 0 Å². The van der Waals surface area contributed by atoms with Crippen LogP contribution < -0.4 is 10.2 Å². The van der Waals surface area contributed by atoms with Crippen LogP contribution in [0.25, 0.3) is 10.2 Å². The van der Waals surface area contributed by atoms with E-state index in [1.807, 2.05) is 36.1 Å². The van der Waals surface area contributed by atoms with Gasteiger partial charge in [-0.1, -0.05) is 29.0 Å². The van der Waals surface area contributed by atoms with Gasteiger partial charge in [0.15, 0.2) is 0 Å². The number of aliphatic hydroxyl groups is 1. The molecule has 3 heterocycles. The van der Waals surface area contributed by atoms with Gasteiger partial charge in [0.25, 0.3) is 0 Å². The minimum Gasteiger partial charge on any atom is -0.385 e. The Labute approximate surface area is 195 Å². The molecule has 170 valence electrons. The Morgan fingerprint density at radius 3 is 2.84 bits per heavy atom. The van der Waals surface area contributed by atoms with Crippen molar-refractivity contribution in [2.75, 3.05) is 26.2 Å². The number of halogens is 1. The fraction of sp³-hybridized carbons (Fsp3) is 0.435. The molecule has 0 spiro atoms. The van der Waals surface area contributed by atoms with Crippen LogP contribution in [0.3, 0.4) is 0 Å². The lowest BCUT2D eigenvalue weighted by atomic mass is 9.96. The summed E-state index contributed by atoms with van der Waals surface area (Å²) in [7, 11) is 0. The lowest BCUT2D eigenvalue weighted by Crippen LogP contribution is -2.43. The van der Waals surface area contributed by atoms with Crippen molar-refractivity contribution in [1.82, 2.24) is 19.8 Å². The number of carbonyl (C=O) groups excluding carboxylic acids is 1. The molecule has 7 nitrogen and oxygen atoms in total. The van der Waals surface area contributed by atoms with E-state index in [0.717, 1.165) is 41.1 Å². The maximum Gasteiger partial charge on any atom is 0.308 e. The summed E-state index contributed by atoms with van der Waals surface area (Å²) in [4.78, 5) is 31.2. The van der Waals surface area contributed by atoms with Crippen molar-refractivity contribution in [1.29, 1.82) is 0 Å². The second kappa shape index (κ2) is 10.1. The number of fused-ring (bicyclic) bond motifs is 1. The summed E-state index contributed by atoms with van der Waals surface area (Å²) in [5, 5.41) is 14.2. The summed E-state index contributed by atoms with van der Waals surface area (Å²) in [5.74, 6) is 0.402. The van der Waals surface area contributed by atoms with Crippen LogP contribution in [0.4, 0.5) is 0 Å². The molecular formula is C23H27ClN4O3S. The molecule has 1 fully saturated rings. The van der Waals surface area contributed by atoms with E-state index in [0.29, 0.717) is 41.8 Å². The monoisotopic (exact) mass is 474 g/mol. The summed E-state index contributed by atoms with van der Waals surface area (Å²) in [5.41, 5.74) is 2.27. The minimum atomic E-state index is -0.635. The number of hydrogen-bond acceptors (Lipinski definition) is 6. The summed E-state index contributed by atoms with van der Waals surface area (Å²) in [6.07, 6.45) is 1.15. The number of aryl methyl sites for hydroxylation is 1. The number of amides is 1. The number of pyridine rings is 1. The van der Waals surface area contributed by atoms with Crippen molar-refractivity contribution in [3.05, 3.63) is 62.5 Å². The molecular weight excluding hydrogens is 448 g/mol. The van der Waals surface area contributed by atoms with E-state index in [-0.39, 0.29) is 17.3 Å². The summed E-state index contributed by atoms with van der Waals surface area (Å²) in [6, 6.07) is 10.9. The number of likely N-dealkylation sites (tertiary alicyclic amines) is 1. The highest BCUT2D eigenvalue weighted by Gasteiger charge is 2.24. The van der Waals surface area contributed by atoms with E-state index in [4.69, 9.17) is 11.6 Å². The number of aromatic nitrogens is 2. The van der Waals surface area contributed by atoms with Crippen LogP contribution in [0.1, 0.15) is 30.3 Å². The van der Waals surface area contributed by atoms with Crippen LogP contribution in [0.5, 0.6) is 0 Å². The Hall–Kier alpha value is -2.26. The molecule has 0 bridgehead atoms.